The standard InChI is InChI=1S/C23H29N3O2/c1-17-9-11-20(12-10-17)26-16-19(14-22(26)27)23(28)24-15-21(25(2)3)13-18-7-5-4-6-8-18/h4-12,19,21H,13-16H2,1-3H3,(H,24,28). The van der Waals surface area contributed by atoms with Crippen molar-refractivity contribution in [3.63, 3.8) is 0 Å². The first kappa shape index (κ1) is 20.1. The molecule has 0 spiro atoms. The highest BCUT2D eigenvalue weighted by Gasteiger charge is 2.35. The molecule has 1 aliphatic rings. The fourth-order valence-corrected chi connectivity index (χ4v) is 3.54. The minimum atomic E-state index is -0.298. The third-order valence-electron chi connectivity index (χ3n) is 5.40. The number of nitrogens with zero attached hydrogens (tertiary/aromatic N) is 2. The zero-order chi connectivity index (χ0) is 20.1. The second kappa shape index (κ2) is 9.02. The summed E-state index contributed by atoms with van der Waals surface area (Å²) in [4.78, 5) is 28.9. The molecule has 1 saturated heterocycles. The normalized spacial score (nSPS) is 17.8. The number of benzene rings is 2. The van der Waals surface area contributed by atoms with Crippen LogP contribution in [0.5, 0.6) is 0 Å². The zero-order valence-electron chi connectivity index (χ0n) is 16.9. The summed E-state index contributed by atoms with van der Waals surface area (Å²) in [5.74, 6) is -0.325. The van der Waals surface area contributed by atoms with E-state index in [0.29, 0.717) is 13.1 Å². The highest BCUT2D eigenvalue weighted by Crippen LogP contribution is 2.25. The van der Waals surface area contributed by atoms with E-state index >= 15 is 0 Å². The van der Waals surface area contributed by atoms with E-state index in [-0.39, 0.29) is 30.2 Å². The Morgan fingerprint density at radius 2 is 1.82 bits per heavy atom. The summed E-state index contributed by atoms with van der Waals surface area (Å²) in [6, 6.07) is 18.3. The highest BCUT2D eigenvalue weighted by atomic mass is 16.2. The van der Waals surface area contributed by atoms with Crippen molar-refractivity contribution in [1.29, 1.82) is 0 Å². The molecule has 0 saturated carbocycles. The molecule has 2 aromatic carbocycles. The summed E-state index contributed by atoms with van der Waals surface area (Å²) in [7, 11) is 4.05. The van der Waals surface area contributed by atoms with Gasteiger partial charge in [0.1, 0.15) is 0 Å². The number of aryl methyl sites for hydroxylation is 1. The molecule has 2 amide bonds. The zero-order valence-corrected chi connectivity index (χ0v) is 16.9. The van der Waals surface area contributed by atoms with E-state index in [0.717, 1.165) is 17.7 Å². The first-order valence-corrected chi connectivity index (χ1v) is 9.79. The van der Waals surface area contributed by atoms with Gasteiger partial charge in [-0.05, 0) is 45.1 Å². The molecular formula is C23H29N3O2. The van der Waals surface area contributed by atoms with Gasteiger partial charge in [-0.3, -0.25) is 9.59 Å². The van der Waals surface area contributed by atoms with Crippen LogP contribution >= 0.6 is 0 Å². The molecule has 0 aliphatic carbocycles. The van der Waals surface area contributed by atoms with Gasteiger partial charge in [-0.1, -0.05) is 48.0 Å². The number of hydrogen-bond acceptors (Lipinski definition) is 3. The third-order valence-corrected chi connectivity index (χ3v) is 5.40. The number of amides is 2. The lowest BCUT2D eigenvalue weighted by Crippen LogP contribution is -2.43. The molecule has 5 nitrogen and oxygen atoms in total. The number of likely N-dealkylation sites (N-methyl/N-ethyl adjacent to an activating group) is 1. The Balaban J connectivity index is 1.56. The Morgan fingerprint density at radius 1 is 1.14 bits per heavy atom. The molecule has 1 aliphatic heterocycles. The quantitative estimate of drug-likeness (QED) is 0.805. The van der Waals surface area contributed by atoms with Gasteiger partial charge in [-0.2, -0.15) is 0 Å². The number of carbonyl (C=O) groups excluding carboxylic acids is 2. The van der Waals surface area contributed by atoms with Gasteiger partial charge in [0.2, 0.25) is 11.8 Å². The lowest BCUT2D eigenvalue weighted by molar-refractivity contribution is -0.126. The predicted octanol–water partition coefficient (Wildman–Crippen LogP) is 2.64. The van der Waals surface area contributed by atoms with Gasteiger partial charge >= 0.3 is 0 Å². The van der Waals surface area contributed by atoms with E-state index in [2.05, 4.69) is 22.3 Å². The summed E-state index contributed by atoms with van der Waals surface area (Å²) >= 11 is 0. The molecule has 1 fully saturated rings. The van der Waals surface area contributed by atoms with Crippen LogP contribution in [-0.4, -0.2) is 49.9 Å². The Hall–Kier alpha value is -2.66. The molecule has 148 valence electrons. The molecule has 1 N–H and O–H groups in total. The molecular weight excluding hydrogens is 350 g/mol. The van der Waals surface area contributed by atoms with Crippen molar-refractivity contribution in [2.24, 2.45) is 5.92 Å². The molecule has 0 radical (unpaired) electrons. The van der Waals surface area contributed by atoms with Crippen LogP contribution in [0.2, 0.25) is 0 Å². The first-order chi connectivity index (χ1) is 13.4. The molecule has 5 heteroatoms. The topological polar surface area (TPSA) is 52.7 Å². The van der Waals surface area contributed by atoms with Crippen LogP contribution in [0.15, 0.2) is 54.6 Å². The van der Waals surface area contributed by atoms with Gasteiger partial charge in [-0.25, -0.2) is 0 Å². The smallest absolute Gasteiger partial charge is 0.227 e. The van der Waals surface area contributed by atoms with Gasteiger partial charge in [0.15, 0.2) is 0 Å². The van der Waals surface area contributed by atoms with Gasteiger partial charge in [0, 0.05) is 31.2 Å². The van der Waals surface area contributed by atoms with Crippen molar-refractivity contribution in [3.8, 4) is 0 Å². The highest BCUT2D eigenvalue weighted by molar-refractivity contribution is 6.00. The third kappa shape index (κ3) is 4.98. The van der Waals surface area contributed by atoms with E-state index < -0.39 is 0 Å². The number of anilines is 1. The molecule has 1 heterocycles. The van der Waals surface area contributed by atoms with Crippen LogP contribution in [-0.2, 0) is 16.0 Å². The van der Waals surface area contributed by atoms with Gasteiger partial charge in [0.25, 0.3) is 0 Å². The number of rotatable bonds is 7. The van der Waals surface area contributed by atoms with E-state index in [9.17, 15) is 9.59 Å². The monoisotopic (exact) mass is 379 g/mol. The minimum absolute atomic E-state index is 0.0115. The Labute approximate surface area is 167 Å². The minimum Gasteiger partial charge on any atom is -0.354 e. The number of nitrogens with one attached hydrogen (secondary N) is 1. The van der Waals surface area contributed by atoms with Crippen molar-refractivity contribution in [2.45, 2.75) is 25.8 Å². The SMILES string of the molecule is Cc1ccc(N2CC(C(=O)NCC(Cc3ccccc3)N(C)C)CC2=O)cc1. The average Bonchev–Trinajstić information content (AvgIpc) is 3.08. The van der Waals surface area contributed by atoms with Crippen LogP contribution in [0.1, 0.15) is 17.5 Å². The van der Waals surface area contributed by atoms with E-state index in [1.807, 2.05) is 63.5 Å². The summed E-state index contributed by atoms with van der Waals surface area (Å²) in [6.07, 6.45) is 1.14. The second-order valence-corrected chi connectivity index (χ2v) is 7.79. The Morgan fingerprint density at radius 3 is 2.46 bits per heavy atom. The van der Waals surface area contributed by atoms with Crippen LogP contribution in [0, 0.1) is 12.8 Å². The van der Waals surface area contributed by atoms with Crippen LogP contribution in [0.3, 0.4) is 0 Å². The molecule has 2 unspecified atom stereocenters. The molecule has 0 bridgehead atoms. The van der Waals surface area contributed by atoms with Gasteiger partial charge < -0.3 is 15.1 Å². The van der Waals surface area contributed by atoms with Crippen LogP contribution < -0.4 is 10.2 Å². The first-order valence-electron chi connectivity index (χ1n) is 9.79. The molecule has 28 heavy (non-hydrogen) atoms. The number of hydrogen-bond donors (Lipinski definition) is 1. The fraction of sp³-hybridized carbons (Fsp3) is 0.391. The predicted molar refractivity (Wildman–Crippen MR) is 112 cm³/mol. The van der Waals surface area contributed by atoms with Crippen molar-refractivity contribution in [3.05, 3.63) is 65.7 Å². The fourth-order valence-electron chi connectivity index (χ4n) is 3.54. The molecule has 2 aromatic rings. The van der Waals surface area contributed by atoms with Crippen molar-refractivity contribution in [1.82, 2.24) is 10.2 Å². The van der Waals surface area contributed by atoms with E-state index in [1.54, 1.807) is 4.90 Å². The lowest BCUT2D eigenvalue weighted by Gasteiger charge is -2.25. The maximum absolute atomic E-state index is 12.7. The van der Waals surface area contributed by atoms with Crippen LogP contribution in [0.25, 0.3) is 0 Å². The Kier molecular flexibility index (Phi) is 6.47. The maximum atomic E-state index is 12.7. The van der Waals surface area contributed by atoms with Gasteiger partial charge in [0.05, 0.1) is 5.92 Å². The molecule has 0 aromatic heterocycles. The summed E-state index contributed by atoms with van der Waals surface area (Å²) in [5, 5.41) is 3.07. The summed E-state index contributed by atoms with van der Waals surface area (Å²) in [5.41, 5.74) is 3.26. The van der Waals surface area contributed by atoms with Crippen LogP contribution in [0.4, 0.5) is 5.69 Å². The number of carbonyl (C=O) groups is 2. The van der Waals surface area contributed by atoms with E-state index in [1.165, 1.54) is 5.56 Å². The Bertz CT molecular complexity index is 802. The van der Waals surface area contributed by atoms with Gasteiger partial charge in [-0.15, -0.1) is 0 Å². The lowest BCUT2D eigenvalue weighted by atomic mass is 10.0. The van der Waals surface area contributed by atoms with E-state index in [4.69, 9.17) is 0 Å². The molecule has 3 rings (SSSR count). The second-order valence-electron chi connectivity index (χ2n) is 7.79. The van der Waals surface area contributed by atoms with Crippen molar-refractivity contribution in [2.75, 3.05) is 32.1 Å². The molecule has 2 atom stereocenters. The van der Waals surface area contributed by atoms with Crippen molar-refractivity contribution < 1.29 is 9.59 Å². The van der Waals surface area contributed by atoms with Crippen molar-refractivity contribution >= 4 is 17.5 Å². The summed E-state index contributed by atoms with van der Waals surface area (Å²) < 4.78 is 0. The average molecular weight is 380 g/mol. The largest absolute Gasteiger partial charge is 0.354 e. The maximum Gasteiger partial charge on any atom is 0.227 e. The summed E-state index contributed by atoms with van der Waals surface area (Å²) in [6.45, 7) is 3.03.